The Morgan fingerprint density at radius 3 is 2.64 bits per heavy atom. The molecule has 0 aromatic heterocycles. The minimum atomic E-state index is -0.172. The first kappa shape index (κ1) is 21.9. The van der Waals surface area contributed by atoms with E-state index >= 15 is 0 Å². The van der Waals surface area contributed by atoms with Gasteiger partial charge < -0.3 is 5.11 Å². The van der Waals surface area contributed by atoms with Gasteiger partial charge in [0.1, 0.15) is 0 Å². The normalized spacial score (nSPS) is 37.6. The standard InChI is InChI=1S/C27H44O/c1-19(2)8-6-9-21(4)25-15-16-26-22(10-7-17-27(25,26)5)12-13-23-18-24(28)14-11-20(23)3/h12-13,19,21,24-26,28H,3,6-11,14-18H2,1-2,4-5H3/b22-12+,23-13-/t21-,24-,25?,26+,27-/m1/s1. The monoisotopic (exact) mass is 384 g/mol. The van der Waals surface area contributed by atoms with Crippen LogP contribution in [0.2, 0.25) is 0 Å². The highest BCUT2D eigenvalue weighted by molar-refractivity contribution is 5.36. The van der Waals surface area contributed by atoms with Crippen molar-refractivity contribution in [2.75, 3.05) is 0 Å². The van der Waals surface area contributed by atoms with Gasteiger partial charge in [-0.1, -0.05) is 76.8 Å². The number of hydrogen-bond acceptors (Lipinski definition) is 1. The average molecular weight is 385 g/mol. The van der Waals surface area contributed by atoms with E-state index in [2.05, 4.69) is 46.4 Å². The molecule has 0 heterocycles. The van der Waals surface area contributed by atoms with Crippen molar-refractivity contribution in [2.45, 2.75) is 104 Å². The zero-order valence-corrected chi connectivity index (χ0v) is 19.0. The SMILES string of the molecule is C=C1CC[C@@H](O)C/C1=C/C=C1\CCC[C@]2(C)C([C@H](C)CCCC(C)C)CC[C@@H]12. The van der Waals surface area contributed by atoms with Gasteiger partial charge in [-0.25, -0.2) is 0 Å². The van der Waals surface area contributed by atoms with E-state index in [1.165, 1.54) is 62.5 Å². The maximum Gasteiger partial charge on any atom is 0.0583 e. The molecule has 3 fully saturated rings. The molecule has 5 atom stereocenters. The van der Waals surface area contributed by atoms with Gasteiger partial charge in [0.05, 0.1) is 6.10 Å². The molecular formula is C27H44O. The Kier molecular flexibility index (Phi) is 7.29. The van der Waals surface area contributed by atoms with E-state index in [0.717, 1.165) is 42.9 Å². The van der Waals surface area contributed by atoms with E-state index in [9.17, 15) is 5.11 Å². The van der Waals surface area contributed by atoms with Crippen molar-refractivity contribution >= 4 is 0 Å². The molecule has 158 valence electrons. The predicted octanol–water partition coefficient (Wildman–Crippen LogP) is 7.62. The second-order valence-electron chi connectivity index (χ2n) is 10.8. The first-order valence-corrected chi connectivity index (χ1v) is 12.1. The van der Waals surface area contributed by atoms with Crippen LogP contribution in [0.5, 0.6) is 0 Å². The van der Waals surface area contributed by atoms with Gasteiger partial charge in [-0.2, -0.15) is 0 Å². The molecule has 0 aromatic carbocycles. The fourth-order valence-corrected chi connectivity index (χ4v) is 6.66. The summed E-state index contributed by atoms with van der Waals surface area (Å²) in [6, 6.07) is 0. The Balaban J connectivity index is 1.70. The number of fused-ring (bicyclic) bond motifs is 1. The molecule has 3 saturated carbocycles. The van der Waals surface area contributed by atoms with Gasteiger partial charge in [0.25, 0.3) is 0 Å². The Bertz CT molecular complexity index is 610. The topological polar surface area (TPSA) is 20.2 Å². The Hall–Kier alpha value is -0.820. The van der Waals surface area contributed by atoms with Crippen molar-refractivity contribution in [1.29, 1.82) is 0 Å². The molecule has 28 heavy (non-hydrogen) atoms. The van der Waals surface area contributed by atoms with E-state index in [-0.39, 0.29) is 6.10 Å². The molecule has 0 radical (unpaired) electrons. The van der Waals surface area contributed by atoms with Crippen LogP contribution in [-0.4, -0.2) is 11.2 Å². The molecule has 1 heteroatoms. The molecule has 3 rings (SSSR count). The van der Waals surface area contributed by atoms with Crippen LogP contribution in [0.3, 0.4) is 0 Å². The minimum Gasteiger partial charge on any atom is -0.393 e. The fourth-order valence-electron chi connectivity index (χ4n) is 6.66. The van der Waals surface area contributed by atoms with Crippen LogP contribution in [0, 0.1) is 29.1 Å². The number of allylic oxidation sites excluding steroid dienone is 4. The maximum atomic E-state index is 10.0. The molecule has 0 amide bonds. The van der Waals surface area contributed by atoms with Crippen LogP contribution in [-0.2, 0) is 0 Å². The molecule has 1 nitrogen and oxygen atoms in total. The first-order chi connectivity index (χ1) is 13.3. The summed E-state index contributed by atoms with van der Waals surface area (Å²) in [5, 5.41) is 10.0. The first-order valence-electron chi connectivity index (χ1n) is 12.1. The highest BCUT2D eigenvalue weighted by Crippen LogP contribution is 2.59. The Morgan fingerprint density at radius 1 is 1.11 bits per heavy atom. The highest BCUT2D eigenvalue weighted by atomic mass is 16.3. The summed E-state index contributed by atoms with van der Waals surface area (Å²) in [5.74, 6) is 3.37. The second-order valence-corrected chi connectivity index (χ2v) is 10.8. The van der Waals surface area contributed by atoms with Crippen molar-refractivity contribution in [3.63, 3.8) is 0 Å². The molecule has 0 aliphatic heterocycles. The van der Waals surface area contributed by atoms with Crippen molar-refractivity contribution in [2.24, 2.45) is 29.1 Å². The van der Waals surface area contributed by atoms with Gasteiger partial charge in [-0.05, 0) is 86.0 Å². The molecule has 0 bridgehead atoms. The third kappa shape index (κ3) is 4.84. The lowest BCUT2D eigenvalue weighted by atomic mass is 9.60. The van der Waals surface area contributed by atoms with Crippen LogP contribution >= 0.6 is 0 Å². The van der Waals surface area contributed by atoms with Crippen molar-refractivity contribution < 1.29 is 5.11 Å². The molecule has 1 N–H and O–H groups in total. The third-order valence-corrected chi connectivity index (χ3v) is 8.35. The lowest BCUT2D eigenvalue weighted by Crippen LogP contribution is -2.36. The molecule has 0 aromatic rings. The van der Waals surface area contributed by atoms with E-state index in [4.69, 9.17) is 0 Å². The summed E-state index contributed by atoms with van der Waals surface area (Å²) in [6.45, 7) is 14.1. The lowest BCUT2D eigenvalue weighted by Gasteiger charge is -2.44. The molecule has 3 aliphatic rings. The largest absolute Gasteiger partial charge is 0.393 e. The Labute approximate surface area is 174 Å². The summed E-state index contributed by atoms with van der Waals surface area (Å²) >= 11 is 0. The second kappa shape index (κ2) is 9.33. The molecule has 0 saturated heterocycles. The zero-order chi connectivity index (χ0) is 20.3. The highest BCUT2D eigenvalue weighted by Gasteiger charge is 2.50. The number of aliphatic hydroxyl groups excluding tert-OH is 1. The van der Waals surface area contributed by atoms with Crippen LogP contribution in [0.25, 0.3) is 0 Å². The van der Waals surface area contributed by atoms with Gasteiger partial charge in [0.15, 0.2) is 0 Å². The zero-order valence-electron chi connectivity index (χ0n) is 19.0. The maximum absolute atomic E-state index is 10.0. The lowest BCUT2D eigenvalue weighted by molar-refractivity contribution is 0.0929. The quantitative estimate of drug-likeness (QED) is 0.499. The van der Waals surface area contributed by atoms with Gasteiger partial charge in [-0.3, -0.25) is 0 Å². The van der Waals surface area contributed by atoms with Gasteiger partial charge in [0.2, 0.25) is 0 Å². The van der Waals surface area contributed by atoms with Crippen LogP contribution in [0.1, 0.15) is 98.3 Å². The summed E-state index contributed by atoms with van der Waals surface area (Å²) in [4.78, 5) is 0. The van der Waals surface area contributed by atoms with Gasteiger partial charge in [0, 0.05) is 0 Å². The molecular weight excluding hydrogens is 340 g/mol. The van der Waals surface area contributed by atoms with Crippen molar-refractivity contribution in [3.05, 3.63) is 35.5 Å². The molecule has 0 spiro atoms. The summed E-state index contributed by atoms with van der Waals surface area (Å²) in [6.07, 6.45) is 18.2. The van der Waals surface area contributed by atoms with Crippen molar-refractivity contribution in [3.8, 4) is 0 Å². The van der Waals surface area contributed by atoms with Crippen molar-refractivity contribution in [1.82, 2.24) is 0 Å². The number of hydrogen-bond donors (Lipinski definition) is 1. The molecule has 1 unspecified atom stereocenters. The fraction of sp³-hybridized carbons (Fsp3) is 0.778. The Morgan fingerprint density at radius 2 is 1.89 bits per heavy atom. The third-order valence-electron chi connectivity index (χ3n) is 8.35. The van der Waals surface area contributed by atoms with E-state index in [0.29, 0.717) is 5.41 Å². The average Bonchev–Trinajstić information content (AvgIpc) is 2.99. The van der Waals surface area contributed by atoms with Crippen LogP contribution in [0.15, 0.2) is 35.5 Å². The van der Waals surface area contributed by atoms with E-state index in [1.54, 1.807) is 5.57 Å². The van der Waals surface area contributed by atoms with E-state index in [1.807, 2.05) is 0 Å². The minimum absolute atomic E-state index is 0.172. The van der Waals surface area contributed by atoms with Gasteiger partial charge in [-0.15, -0.1) is 0 Å². The smallest absolute Gasteiger partial charge is 0.0583 e. The summed E-state index contributed by atoms with van der Waals surface area (Å²) in [5.41, 5.74) is 4.72. The van der Waals surface area contributed by atoms with Gasteiger partial charge >= 0.3 is 0 Å². The predicted molar refractivity (Wildman–Crippen MR) is 121 cm³/mol. The number of rotatable bonds is 6. The van der Waals surface area contributed by atoms with E-state index < -0.39 is 0 Å². The molecule has 3 aliphatic carbocycles. The summed E-state index contributed by atoms with van der Waals surface area (Å²) in [7, 11) is 0. The van der Waals surface area contributed by atoms with Crippen LogP contribution in [0.4, 0.5) is 0 Å². The van der Waals surface area contributed by atoms with Crippen LogP contribution < -0.4 is 0 Å². The number of aliphatic hydroxyl groups is 1. The summed E-state index contributed by atoms with van der Waals surface area (Å²) < 4.78 is 0.